The molecule has 0 saturated carbocycles. The Morgan fingerprint density at radius 1 is 1.30 bits per heavy atom. The zero-order valence-electron chi connectivity index (χ0n) is 16.6. The molecule has 0 amide bonds. The second-order valence-corrected chi connectivity index (χ2v) is 7.75. The Kier molecular flexibility index (Phi) is 5.13. The molecule has 1 N–H and O–H groups in total. The van der Waals surface area contributed by atoms with Crippen LogP contribution in [0.4, 0.5) is 0 Å². The number of aliphatic imine (C=N–C) groups is 1. The summed E-state index contributed by atoms with van der Waals surface area (Å²) in [5, 5.41) is 16.3. The molecule has 0 radical (unpaired) electrons. The molecule has 2 aromatic heterocycles. The highest BCUT2D eigenvalue weighted by Crippen LogP contribution is 2.27. The van der Waals surface area contributed by atoms with Gasteiger partial charge in [-0.3, -0.25) is 9.67 Å². The van der Waals surface area contributed by atoms with Crippen molar-refractivity contribution in [3.63, 3.8) is 0 Å². The molecule has 4 heterocycles. The third kappa shape index (κ3) is 3.84. The second kappa shape index (κ2) is 7.70. The second-order valence-electron chi connectivity index (χ2n) is 7.75. The van der Waals surface area contributed by atoms with Gasteiger partial charge in [0.05, 0.1) is 6.20 Å². The van der Waals surface area contributed by atoms with Gasteiger partial charge < -0.3 is 14.8 Å². The number of fused-ring (bicyclic) bond motifs is 1. The molecular formula is C19H30N8. The van der Waals surface area contributed by atoms with Crippen LogP contribution in [0.25, 0.3) is 0 Å². The van der Waals surface area contributed by atoms with Crippen molar-refractivity contribution in [2.75, 3.05) is 26.2 Å². The van der Waals surface area contributed by atoms with Gasteiger partial charge in [0, 0.05) is 58.3 Å². The van der Waals surface area contributed by atoms with Crippen LogP contribution in [0.5, 0.6) is 0 Å². The van der Waals surface area contributed by atoms with E-state index in [1.54, 1.807) is 0 Å². The third-order valence-electron chi connectivity index (χ3n) is 5.75. The summed E-state index contributed by atoms with van der Waals surface area (Å²) in [4.78, 5) is 7.40. The summed E-state index contributed by atoms with van der Waals surface area (Å²) in [6.45, 7) is 8.96. The van der Waals surface area contributed by atoms with Gasteiger partial charge in [0.2, 0.25) is 0 Å². The minimum atomic E-state index is 0.541. The Hall–Kier alpha value is -2.38. The van der Waals surface area contributed by atoms with E-state index in [9.17, 15) is 0 Å². The summed E-state index contributed by atoms with van der Waals surface area (Å²) in [6, 6.07) is 0. The Balaban J connectivity index is 1.40. The maximum absolute atomic E-state index is 5.00. The monoisotopic (exact) mass is 370 g/mol. The van der Waals surface area contributed by atoms with Crippen LogP contribution in [0.1, 0.15) is 42.9 Å². The lowest BCUT2D eigenvalue weighted by Gasteiger charge is -2.25. The van der Waals surface area contributed by atoms with E-state index in [4.69, 9.17) is 4.99 Å². The first-order valence-corrected chi connectivity index (χ1v) is 10.0. The molecule has 2 aliphatic rings. The Bertz CT molecular complexity index is 804. The van der Waals surface area contributed by atoms with Crippen LogP contribution in [0.2, 0.25) is 0 Å². The maximum Gasteiger partial charge on any atom is 0.193 e. The number of hydrogen-bond acceptors (Lipinski definition) is 4. The van der Waals surface area contributed by atoms with E-state index in [2.05, 4.69) is 43.2 Å². The third-order valence-corrected chi connectivity index (χ3v) is 5.75. The van der Waals surface area contributed by atoms with Crippen molar-refractivity contribution in [1.82, 2.24) is 34.8 Å². The van der Waals surface area contributed by atoms with Crippen molar-refractivity contribution in [3.8, 4) is 0 Å². The molecule has 27 heavy (non-hydrogen) atoms. The zero-order valence-corrected chi connectivity index (χ0v) is 16.6. The standard InChI is InChI=1S/C19H30N8/c1-4-20-19(26-8-7-16(13-26)17-10-22-25(3)12-17)21-9-15-5-6-18-24-23-14(2)27(18)11-15/h10,12,15-16H,4-9,11,13H2,1-3H3,(H,20,21). The van der Waals surface area contributed by atoms with E-state index in [-0.39, 0.29) is 0 Å². The molecule has 8 heteroatoms. The lowest BCUT2D eigenvalue weighted by molar-refractivity contribution is 0.367. The van der Waals surface area contributed by atoms with Crippen LogP contribution in [0.3, 0.4) is 0 Å². The number of guanidine groups is 1. The van der Waals surface area contributed by atoms with E-state index in [1.807, 2.05) is 24.9 Å². The number of aryl methyl sites for hydroxylation is 3. The van der Waals surface area contributed by atoms with E-state index < -0.39 is 0 Å². The highest BCUT2D eigenvalue weighted by molar-refractivity contribution is 5.80. The number of nitrogens with zero attached hydrogens (tertiary/aromatic N) is 7. The molecule has 4 rings (SSSR count). The molecule has 0 aromatic carbocycles. The van der Waals surface area contributed by atoms with Gasteiger partial charge in [-0.25, -0.2) is 0 Å². The highest BCUT2D eigenvalue weighted by Gasteiger charge is 2.27. The molecule has 2 aliphatic heterocycles. The van der Waals surface area contributed by atoms with Gasteiger partial charge in [0.15, 0.2) is 5.96 Å². The Morgan fingerprint density at radius 2 is 2.19 bits per heavy atom. The average molecular weight is 371 g/mol. The van der Waals surface area contributed by atoms with Gasteiger partial charge in [-0.2, -0.15) is 5.10 Å². The molecule has 0 aliphatic carbocycles. The van der Waals surface area contributed by atoms with Crippen molar-refractivity contribution < 1.29 is 0 Å². The first kappa shape index (κ1) is 18.0. The number of likely N-dealkylation sites (tertiary alicyclic amines) is 1. The van der Waals surface area contributed by atoms with Gasteiger partial charge in [-0.05, 0) is 38.2 Å². The maximum atomic E-state index is 5.00. The number of aromatic nitrogens is 5. The number of nitrogens with one attached hydrogen (secondary N) is 1. The SMILES string of the molecule is CCNC(=NCC1CCc2nnc(C)n2C1)N1CCC(c2cnn(C)c2)C1. The predicted molar refractivity (Wildman–Crippen MR) is 105 cm³/mol. The Labute approximate surface area is 160 Å². The highest BCUT2D eigenvalue weighted by atomic mass is 15.3. The summed E-state index contributed by atoms with van der Waals surface area (Å²) in [6.07, 6.45) is 7.44. The van der Waals surface area contributed by atoms with Gasteiger partial charge in [0.25, 0.3) is 0 Å². The van der Waals surface area contributed by atoms with E-state index >= 15 is 0 Å². The van der Waals surface area contributed by atoms with Crippen LogP contribution in [-0.2, 0) is 20.0 Å². The predicted octanol–water partition coefficient (Wildman–Crippen LogP) is 1.34. The van der Waals surface area contributed by atoms with Crippen LogP contribution in [0.15, 0.2) is 17.4 Å². The van der Waals surface area contributed by atoms with Gasteiger partial charge in [0.1, 0.15) is 11.6 Å². The fourth-order valence-electron chi connectivity index (χ4n) is 4.20. The molecule has 2 aromatic rings. The van der Waals surface area contributed by atoms with Gasteiger partial charge >= 0.3 is 0 Å². The fraction of sp³-hybridized carbons (Fsp3) is 0.684. The minimum Gasteiger partial charge on any atom is -0.357 e. The first-order chi connectivity index (χ1) is 13.1. The quantitative estimate of drug-likeness (QED) is 0.649. The van der Waals surface area contributed by atoms with Crippen LogP contribution in [-0.4, -0.2) is 61.6 Å². The smallest absolute Gasteiger partial charge is 0.193 e. The van der Waals surface area contributed by atoms with Crippen molar-refractivity contribution in [1.29, 1.82) is 0 Å². The lowest BCUT2D eigenvalue weighted by Crippen LogP contribution is -2.40. The van der Waals surface area contributed by atoms with E-state index in [1.165, 1.54) is 5.56 Å². The summed E-state index contributed by atoms with van der Waals surface area (Å²) in [5.74, 6) is 4.29. The summed E-state index contributed by atoms with van der Waals surface area (Å²) < 4.78 is 4.15. The molecule has 0 bridgehead atoms. The van der Waals surface area contributed by atoms with Crippen molar-refractivity contribution >= 4 is 5.96 Å². The molecule has 8 nitrogen and oxygen atoms in total. The molecule has 2 unspecified atom stereocenters. The largest absolute Gasteiger partial charge is 0.357 e. The number of rotatable bonds is 4. The molecule has 2 atom stereocenters. The van der Waals surface area contributed by atoms with E-state index in [0.717, 1.165) is 69.6 Å². The molecule has 1 saturated heterocycles. The van der Waals surface area contributed by atoms with Gasteiger partial charge in [-0.1, -0.05) is 0 Å². The summed E-state index contributed by atoms with van der Waals surface area (Å²) in [7, 11) is 1.98. The van der Waals surface area contributed by atoms with Crippen LogP contribution < -0.4 is 5.32 Å². The van der Waals surface area contributed by atoms with Crippen molar-refractivity contribution in [3.05, 3.63) is 29.6 Å². The summed E-state index contributed by atoms with van der Waals surface area (Å²) >= 11 is 0. The average Bonchev–Trinajstić information content (AvgIpc) is 3.39. The van der Waals surface area contributed by atoms with Crippen molar-refractivity contribution in [2.24, 2.45) is 18.0 Å². The molecule has 146 valence electrons. The minimum absolute atomic E-state index is 0.541. The summed E-state index contributed by atoms with van der Waals surface area (Å²) in [5.41, 5.74) is 1.33. The molecule has 0 spiro atoms. The number of hydrogen-bond donors (Lipinski definition) is 1. The van der Waals surface area contributed by atoms with Gasteiger partial charge in [-0.15, -0.1) is 10.2 Å². The normalized spacial score (nSPS) is 22.9. The topological polar surface area (TPSA) is 76.2 Å². The van der Waals surface area contributed by atoms with Crippen LogP contribution in [0, 0.1) is 12.8 Å². The zero-order chi connectivity index (χ0) is 18.8. The first-order valence-electron chi connectivity index (χ1n) is 10.0. The van der Waals surface area contributed by atoms with E-state index in [0.29, 0.717) is 11.8 Å². The molecule has 1 fully saturated rings. The van der Waals surface area contributed by atoms with Crippen molar-refractivity contribution in [2.45, 2.75) is 45.6 Å². The Morgan fingerprint density at radius 3 is 2.96 bits per heavy atom. The van der Waals surface area contributed by atoms with Crippen LogP contribution >= 0.6 is 0 Å². The lowest BCUT2D eigenvalue weighted by atomic mass is 9.99. The molecular weight excluding hydrogens is 340 g/mol. The fourth-order valence-corrected chi connectivity index (χ4v) is 4.20.